The molecule has 3 aliphatic heterocycles. The van der Waals surface area contributed by atoms with Crippen molar-refractivity contribution in [2.45, 2.75) is 44.6 Å². The molecule has 0 aliphatic carbocycles. The lowest BCUT2D eigenvalue weighted by Gasteiger charge is -2.36. The van der Waals surface area contributed by atoms with E-state index < -0.39 is 0 Å². The predicted octanol–water partition coefficient (Wildman–Crippen LogP) is 1.23. The van der Waals surface area contributed by atoms with Gasteiger partial charge in [0.15, 0.2) is 0 Å². The Morgan fingerprint density at radius 1 is 1.15 bits per heavy atom. The van der Waals surface area contributed by atoms with Crippen LogP contribution in [0.15, 0.2) is 12.3 Å². The molecule has 4 rings (SSSR count). The largest absolute Gasteiger partial charge is 0.377 e. The number of ether oxygens (including phenoxy) is 1. The zero-order valence-electron chi connectivity index (χ0n) is 16.2. The van der Waals surface area contributed by atoms with E-state index in [1.165, 1.54) is 6.42 Å². The minimum Gasteiger partial charge on any atom is -0.377 e. The van der Waals surface area contributed by atoms with Crippen LogP contribution < -0.4 is 0 Å². The highest BCUT2D eigenvalue weighted by Crippen LogP contribution is 2.36. The van der Waals surface area contributed by atoms with E-state index in [9.17, 15) is 9.59 Å². The highest BCUT2D eigenvalue weighted by molar-refractivity contribution is 5.78. The van der Waals surface area contributed by atoms with Gasteiger partial charge >= 0.3 is 0 Å². The Morgan fingerprint density at radius 3 is 2.70 bits per heavy atom. The number of nitrogens with zero attached hydrogens (tertiary/aromatic N) is 4. The highest BCUT2D eigenvalue weighted by atomic mass is 16.5. The SMILES string of the molecule is Cn1ccc(CC(=O)N2CC[C@@H]3[C@@H](CO[C@H]3CC(=O)N3CCCCC3)C2)n1. The molecule has 27 heavy (non-hydrogen) atoms. The van der Waals surface area contributed by atoms with Crippen LogP contribution in [0.25, 0.3) is 0 Å². The first-order valence-corrected chi connectivity index (χ1v) is 10.3. The summed E-state index contributed by atoms with van der Waals surface area (Å²) in [5.41, 5.74) is 0.817. The van der Waals surface area contributed by atoms with Crippen molar-refractivity contribution in [3.05, 3.63) is 18.0 Å². The predicted molar refractivity (Wildman–Crippen MR) is 99.9 cm³/mol. The Bertz CT molecular complexity index is 683. The lowest BCUT2D eigenvalue weighted by Crippen LogP contribution is -2.46. The number of carbonyl (C=O) groups is 2. The average molecular weight is 374 g/mol. The van der Waals surface area contributed by atoms with Gasteiger partial charge in [-0.25, -0.2) is 0 Å². The summed E-state index contributed by atoms with van der Waals surface area (Å²) in [5, 5.41) is 4.30. The molecule has 7 heteroatoms. The van der Waals surface area contributed by atoms with Crippen LogP contribution in [-0.2, 0) is 27.8 Å². The lowest BCUT2D eigenvalue weighted by molar-refractivity contribution is -0.136. The van der Waals surface area contributed by atoms with Gasteiger partial charge in [-0.15, -0.1) is 0 Å². The van der Waals surface area contributed by atoms with E-state index in [1.807, 2.05) is 29.1 Å². The smallest absolute Gasteiger partial charge is 0.228 e. The number of aryl methyl sites for hydroxylation is 1. The molecule has 3 atom stereocenters. The van der Waals surface area contributed by atoms with Crippen molar-refractivity contribution in [2.75, 3.05) is 32.8 Å². The molecule has 3 saturated heterocycles. The molecule has 0 unspecified atom stereocenters. The molecule has 0 radical (unpaired) electrons. The second-order valence-corrected chi connectivity index (χ2v) is 8.23. The maximum atomic E-state index is 12.6. The molecule has 0 saturated carbocycles. The number of carbonyl (C=O) groups excluding carboxylic acids is 2. The second kappa shape index (κ2) is 8.00. The van der Waals surface area contributed by atoms with E-state index in [1.54, 1.807) is 4.68 Å². The topological polar surface area (TPSA) is 67.7 Å². The van der Waals surface area contributed by atoms with Crippen LogP contribution in [0.5, 0.6) is 0 Å². The van der Waals surface area contributed by atoms with Crippen LogP contribution in [0, 0.1) is 11.8 Å². The van der Waals surface area contributed by atoms with Crippen molar-refractivity contribution < 1.29 is 14.3 Å². The van der Waals surface area contributed by atoms with Crippen LogP contribution in [0.1, 0.15) is 37.8 Å². The molecule has 0 N–H and O–H groups in total. The summed E-state index contributed by atoms with van der Waals surface area (Å²) < 4.78 is 7.74. The molecule has 1 aromatic heterocycles. The second-order valence-electron chi connectivity index (χ2n) is 8.23. The first-order valence-electron chi connectivity index (χ1n) is 10.3. The molecule has 4 heterocycles. The van der Waals surface area contributed by atoms with Crippen molar-refractivity contribution in [1.29, 1.82) is 0 Å². The molecular weight excluding hydrogens is 344 g/mol. The van der Waals surface area contributed by atoms with E-state index >= 15 is 0 Å². The van der Waals surface area contributed by atoms with E-state index in [4.69, 9.17) is 4.74 Å². The molecule has 0 bridgehead atoms. The third kappa shape index (κ3) is 4.18. The molecule has 3 fully saturated rings. The lowest BCUT2D eigenvalue weighted by atomic mass is 9.83. The fourth-order valence-electron chi connectivity index (χ4n) is 4.79. The van der Waals surface area contributed by atoms with E-state index in [0.717, 1.165) is 51.1 Å². The fraction of sp³-hybridized carbons (Fsp3) is 0.750. The summed E-state index contributed by atoms with van der Waals surface area (Å²) in [7, 11) is 1.86. The van der Waals surface area contributed by atoms with Gasteiger partial charge in [0.2, 0.25) is 11.8 Å². The van der Waals surface area contributed by atoms with Crippen LogP contribution >= 0.6 is 0 Å². The standard InChI is InChI=1S/C20H30N4O3/c1-22-9-5-16(21-22)11-19(25)24-10-6-17-15(13-24)14-27-18(17)12-20(26)23-7-3-2-4-8-23/h5,9,15,17-18H,2-4,6-8,10-14H2,1H3/t15-,17-,18+/m1/s1. The zero-order valence-corrected chi connectivity index (χ0v) is 16.2. The number of hydrogen-bond acceptors (Lipinski definition) is 4. The van der Waals surface area contributed by atoms with Crippen molar-refractivity contribution >= 4 is 11.8 Å². The summed E-state index contributed by atoms with van der Waals surface area (Å²) in [4.78, 5) is 29.1. The Labute approximate surface area is 160 Å². The van der Waals surface area contributed by atoms with Crippen molar-refractivity contribution in [3.8, 4) is 0 Å². The Kier molecular flexibility index (Phi) is 5.48. The third-order valence-corrected chi connectivity index (χ3v) is 6.33. The molecule has 0 aromatic carbocycles. The molecule has 0 spiro atoms. The van der Waals surface area contributed by atoms with Gasteiger partial charge in [-0.3, -0.25) is 14.3 Å². The van der Waals surface area contributed by atoms with Gasteiger partial charge in [-0.2, -0.15) is 5.10 Å². The van der Waals surface area contributed by atoms with Crippen molar-refractivity contribution in [1.82, 2.24) is 19.6 Å². The molecular formula is C20H30N4O3. The molecule has 3 aliphatic rings. The zero-order chi connectivity index (χ0) is 18.8. The third-order valence-electron chi connectivity index (χ3n) is 6.33. The van der Waals surface area contributed by atoms with Gasteiger partial charge in [-0.05, 0) is 37.7 Å². The van der Waals surface area contributed by atoms with Crippen LogP contribution in [0.2, 0.25) is 0 Å². The number of piperidine rings is 2. The quantitative estimate of drug-likeness (QED) is 0.795. The van der Waals surface area contributed by atoms with Gasteiger partial charge in [0.05, 0.1) is 31.2 Å². The van der Waals surface area contributed by atoms with E-state index in [-0.39, 0.29) is 17.9 Å². The van der Waals surface area contributed by atoms with Gasteiger partial charge in [0, 0.05) is 45.3 Å². The molecule has 148 valence electrons. The molecule has 7 nitrogen and oxygen atoms in total. The maximum absolute atomic E-state index is 12.6. The maximum Gasteiger partial charge on any atom is 0.228 e. The average Bonchev–Trinajstić information content (AvgIpc) is 3.28. The minimum atomic E-state index is 0.0254. The number of amides is 2. The number of rotatable bonds is 4. The molecule has 2 amide bonds. The Balaban J connectivity index is 1.29. The van der Waals surface area contributed by atoms with Crippen LogP contribution in [-0.4, -0.2) is 70.3 Å². The minimum absolute atomic E-state index is 0.0254. The summed E-state index contributed by atoms with van der Waals surface area (Å²) in [6, 6.07) is 1.89. The number of likely N-dealkylation sites (tertiary alicyclic amines) is 2. The number of fused-ring (bicyclic) bond motifs is 1. The molecule has 1 aromatic rings. The van der Waals surface area contributed by atoms with Gasteiger partial charge < -0.3 is 14.5 Å². The van der Waals surface area contributed by atoms with Gasteiger partial charge in [0.1, 0.15) is 0 Å². The van der Waals surface area contributed by atoms with Crippen LogP contribution in [0.4, 0.5) is 0 Å². The normalized spacial score (nSPS) is 28.3. The highest BCUT2D eigenvalue weighted by Gasteiger charge is 2.42. The summed E-state index contributed by atoms with van der Waals surface area (Å²) in [5.74, 6) is 1.14. The van der Waals surface area contributed by atoms with Gasteiger partial charge in [-0.1, -0.05) is 0 Å². The van der Waals surface area contributed by atoms with E-state index in [2.05, 4.69) is 5.10 Å². The Morgan fingerprint density at radius 2 is 1.96 bits per heavy atom. The Hall–Kier alpha value is -1.89. The monoisotopic (exact) mass is 374 g/mol. The number of hydrogen-bond donors (Lipinski definition) is 0. The summed E-state index contributed by atoms with van der Waals surface area (Å²) in [6.07, 6.45) is 7.15. The van der Waals surface area contributed by atoms with E-state index in [0.29, 0.717) is 31.3 Å². The summed E-state index contributed by atoms with van der Waals surface area (Å²) >= 11 is 0. The van der Waals surface area contributed by atoms with Crippen molar-refractivity contribution in [3.63, 3.8) is 0 Å². The first-order chi connectivity index (χ1) is 13.1. The summed E-state index contributed by atoms with van der Waals surface area (Å²) in [6.45, 7) is 3.95. The number of aromatic nitrogens is 2. The van der Waals surface area contributed by atoms with Crippen molar-refractivity contribution in [2.24, 2.45) is 18.9 Å². The first kappa shape index (κ1) is 18.5. The van der Waals surface area contributed by atoms with Crippen LogP contribution in [0.3, 0.4) is 0 Å². The van der Waals surface area contributed by atoms with Gasteiger partial charge in [0.25, 0.3) is 0 Å². The fourth-order valence-corrected chi connectivity index (χ4v) is 4.79.